The van der Waals surface area contributed by atoms with Gasteiger partial charge in [0.05, 0.1) is 6.10 Å². The number of piperidine rings is 1. The van der Waals surface area contributed by atoms with Crippen LogP contribution in [0.25, 0.3) is 0 Å². The van der Waals surface area contributed by atoms with Gasteiger partial charge in [0, 0.05) is 19.1 Å². The lowest BCUT2D eigenvalue weighted by atomic mass is 9.99. The highest BCUT2D eigenvalue weighted by Crippen LogP contribution is 2.28. The summed E-state index contributed by atoms with van der Waals surface area (Å²) in [5.74, 6) is 0.793. The molecule has 2 N–H and O–H groups in total. The van der Waals surface area contributed by atoms with Gasteiger partial charge in [-0.25, -0.2) is 0 Å². The minimum atomic E-state index is -0.117. The van der Waals surface area contributed by atoms with Crippen molar-refractivity contribution in [3.8, 4) is 0 Å². The van der Waals surface area contributed by atoms with Crippen LogP contribution in [0.1, 0.15) is 64.7 Å². The Labute approximate surface area is 125 Å². The van der Waals surface area contributed by atoms with Crippen LogP contribution >= 0.6 is 0 Å². The number of aliphatic hydroxyl groups is 1. The Morgan fingerprint density at radius 1 is 1.15 bits per heavy atom. The van der Waals surface area contributed by atoms with Gasteiger partial charge >= 0.3 is 0 Å². The minimum absolute atomic E-state index is 0.117. The van der Waals surface area contributed by atoms with Crippen LogP contribution in [0.2, 0.25) is 0 Å². The van der Waals surface area contributed by atoms with Gasteiger partial charge in [-0.1, -0.05) is 39.0 Å². The molecular weight excluding hydrogens is 248 g/mol. The van der Waals surface area contributed by atoms with Crippen LogP contribution in [0.4, 0.5) is 0 Å². The lowest BCUT2D eigenvalue weighted by Crippen LogP contribution is -2.46. The van der Waals surface area contributed by atoms with E-state index < -0.39 is 0 Å². The Morgan fingerprint density at radius 3 is 2.55 bits per heavy atom. The van der Waals surface area contributed by atoms with Gasteiger partial charge in [0.15, 0.2) is 0 Å². The molecule has 0 aromatic carbocycles. The van der Waals surface area contributed by atoms with Gasteiger partial charge in [-0.15, -0.1) is 0 Å². The first-order valence-electron chi connectivity index (χ1n) is 8.91. The van der Waals surface area contributed by atoms with E-state index in [1.165, 1.54) is 57.9 Å². The summed E-state index contributed by atoms with van der Waals surface area (Å²) in [4.78, 5) is 2.49. The van der Waals surface area contributed by atoms with E-state index in [2.05, 4.69) is 17.1 Å². The molecule has 3 heteroatoms. The molecule has 3 nitrogen and oxygen atoms in total. The molecule has 118 valence electrons. The summed E-state index contributed by atoms with van der Waals surface area (Å²) >= 11 is 0. The van der Waals surface area contributed by atoms with Crippen LogP contribution in [0.3, 0.4) is 0 Å². The fraction of sp³-hybridized carbons (Fsp3) is 1.00. The molecule has 0 radical (unpaired) electrons. The zero-order valence-electron chi connectivity index (χ0n) is 13.3. The van der Waals surface area contributed by atoms with Crippen molar-refractivity contribution in [2.24, 2.45) is 5.92 Å². The standard InChI is InChI=1S/C17H34N2O/c1-2-11-19(13-16-9-5-6-10-18-16)14-17(20)12-15-7-3-4-8-15/h15-18,20H,2-14H2,1H3. The van der Waals surface area contributed by atoms with Gasteiger partial charge in [-0.2, -0.15) is 0 Å². The number of hydrogen-bond acceptors (Lipinski definition) is 3. The monoisotopic (exact) mass is 282 g/mol. The third kappa shape index (κ3) is 5.71. The fourth-order valence-corrected chi connectivity index (χ4v) is 3.97. The third-order valence-electron chi connectivity index (χ3n) is 4.98. The molecule has 1 saturated carbocycles. The lowest BCUT2D eigenvalue weighted by molar-refractivity contribution is 0.0844. The van der Waals surface area contributed by atoms with Crippen molar-refractivity contribution in [1.29, 1.82) is 0 Å². The molecular formula is C17H34N2O. The second kappa shape index (κ2) is 9.01. The summed E-state index contributed by atoms with van der Waals surface area (Å²) in [7, 11) is 0. The molecule has 1 aliphatic heterocycles. The van der Waals surface area contributed by atoms with Crippen molar-refractivity contribution in [1.82, 2.24) is 10.2 Å². The van der Waals surface area contributed by atoms with Gasteiger partial charge in [0.1, 0.15) is 0 Å². The topological polar surface area (TPSA) is 35.5 Å². The van der Waals surface area contributed by atoms with E-state index in [-0.39, 0.29) is 6.10 Å². The van der Waals surface area contributed by atoms with Crippen LogP contribution in [0.5, 0.6) is 0 Å². The Balaban J connectivity index is 1.71. The highest BCUT2D eigenvalue weighted by Gasteiger charge is 2.22. The molecule has 1 heterocycles. The molecule has 0 bridgehead atoms. The summed E-state index contributed by atoms with van der Waals surface area (Å²) in [6.07, 6.45) is 11.5. The number of nitrogens with one attached hydrogen (secondary N) is 1. The normalized spacial score (nSPS) is 26.2. The summed E-state index contributed by atoms with van der Waals surface area (Å²) in [6.45, 7) is 6.54. The molecule has 2 atom stereocenters. The summed E-state index contributed by atoms with van der Waals surface area (Å²) in [6, 6.07) is 0.647. The Morgan fingerprint density at radius 2 is 1.90 bits per heavy atom. The van der Waals surface area contributed by atoms with E-state index in [1.54, 1.807) is 0 Å². The zero-order chi connectivity index (χ0) is 14.2. The largest absolute Gasteiger partial charge is 0.392 e. The first-order valence-corrected chi connectivity index (χ1v) is 8.91. The quantitative estimate of drug-likeness (QED) is 0.718. The third-order valence-corrected chi connectivity index (χ3v) is 4.98. The van der Waals surface area contributed by atoms with Crippen molar-refractivity contribution in [3.63, 3.8) is 0 Å². The van der Waals surface area contributed by atoms with Gasteiger partial charge < -0.3 is 10.4 Å². The highest BCUT2D eigenvalue weighted by molar-refractivity contribution is 4.79. The molecule has 2 unspecified atom stereocenters. The average Bonchev–Trinajstić information content (AvgIpc) is 2.93. The number of hydrogen-bond donors (Lipinski definition) is 2. The van der Waals surface area contributed by atoms with Crippen molar-refractivity contribution >= 4 is 0 Å². The lowest BCUT2D eigenvalue weighted by Gasteiger charge is -2.32. The van der Waals surface area contributed by atoms with Crippen LogP contribution < -0.4 is 5.32 Å². The molecule has 2 aliphatic rings. The number of nitrogens with zero attached hydrogens (tertiary/aromatic N) is 1. The SMILES string of the molecule is CCCN(CC(O)CC1CCCC1)CC1CCCCN1. The first-order chi connectivity index (χ1) is 9.78. The fourth-order valence-electron chi connectivity index (χ4n) is 3.97. The molecule has 1 aliphatic carbocycles. The first kappa shape index (κ1) is 16.3. The van der Waals surface area contributed by atoms with Crippen LogP contribution in [-0.4, -0.2) is 48.3 Å². The van der Waals surface area contributed by atoms with Crippen molar-refractivity contribution in [3.05, 3.63) is 0 Å². The second-order valence-corrected chi connectivity index (χ2v) is 6.95. The number of rotatable bonds is 8. The van der Waals surface area contributed by atoms with Crippen LogP contribution in [0.15, 0.2) is 0 Å². The highest BCUT2D eigenvalue weighted by atomic mass is 16.3. The predicted molar refractivity (Wildman–Crippen MR) is 85.0 cm³/mol. The molecule has 2 rings (SSSR count). The maximum atomic E-state index is 10.4. The molecule has 1 saturated heterocycles. The van der Waals surface area contributed by atoms with Crippen molar-refractivity contribution in [2.75, 3.05) is 26.2 Å². The molecule has 0 amide bonds. The summed E-state index contributed by atoms with van der Waals surface area (Å²) < 4.78 is 0. The molecule has 20 heavy (non-hydrogen) atoms. The minimum Gasteiger partial charge on any atom is -0.392 e. The maximum Gasteiger partial charge on any atom is 0.0669 e. The van der Waals surface area contributed by atoms with E-state index >= 15 is 0 Å². The van der Waals surface area contributed by atoms with E-state index in [0.717, 1.165) is 32.0 Å². The van der Waals surface area contributed by atoms with Crippen LogP contribution in [0, 0.1) is 5.92 Å². The second-order valence-electron chi connectivity index (χ2n) is 6.95. The Hall–Kier alpha value is -0.120. The Bertz CT molecular complexity index is 247. The van der Waals surface area contributed by atoms with E-state index in [9.17, 15) is 5.11 Å². The van der Waals surface area contributed by atoms with Crippen molar-refractivity contribution in [2.45, 2.75) is 76.9 Å². The summed E-state index contributed by atoms with van der Waals surface area (Å²) in [5.41, 5.74) is 0. The van der Waals surface area contributed by atoms with E-state index in [1.807, 2.05) is 0 Å². The van der Waals surface area contributed by atoms with Gasteiger partial charge in [-0.3, -0.25) is 4.90 Å². The molecule has 0 aromatic heterocycles. The van der Waals surface area contributed by atoms with Gasteiger partial charge in [0.25, 0.3) is 0 Å². The maximum absolute atomic E-state index is 10.4. The molecule has 0 aromatic rings. The molecule has 2 fully saturated rings. The smallest absolute Gasteiger partial charge is 0.0669 e. The van der Waals surface area contributed by atoms with Gasteiger partial charge in [0.2, 0.25) is 0 Å². The molecule has 0 spiro atoms. The van der Waals surface area contributed by atoms with E-state index in [4.69, 9.17) is 0 Å². The predicted octanol–water partition coefficient (Wildman–Crippen LogP) is 2.78. The van der Waals surface area contributed by atoms with Crippen LogP contribution in [-0.2, 0) is 0 Å². The van der Waals surface area contributed by atoms with E-state index in [0.29, 0.717) is 6.04 Å². The van der Waals surface area contributed by atoms with Crippen molar-refractivity contribution < 1.29 is 5.11 Å². The average molecular weight is 282 g/mol. The zero-order valence-corrected chi connectivity index (χ0v) is 13.3. The number of aliphatic hydroxyl groups excluding tert-OH is 1. The summed E-state index contributed by atoms with van der Waals surface area (Å²) in [5, 5.41) is 14.0. The van der Waals surface area contributed by atoms with Gasteiger partial charge in [-0.05, 0) is 44.7 Å². The Kier molecular flexibility index (Phi) is 7.32.